The molecule has 0 spiro atoms. The Hall–Kier alpha value is -2.10. The number of hydrogen-bond donors (Lipinski definition) is 0. The Kier molecular flexibility index (Phi) is 3.46. The van der Waals surface area contributed by atoms with E-state index in [1.54, 1.807) is 32.2 Å². The second-order valence-corrected chi connectivity index (χ2v) is 3.93. The van der Waals surface area contributed by atoms with Crippen molar-refractivity contribution in [3.8, 4) is 5.75 Å². The maximum Gasteiger partial charge on any atom is 0.310 e. The number of ketones is 1. The summed E-state index contributed by atoms with van der Waals surface area (Å²) in [6.45, 7) is 2.06. The summed E-state index contributed by atoms with van der Waals surface area (Å²) < 4.78 is 9.91. The van der Waals surface area contributed by atoms with Gasteiger partial charge in [-0.3, -0.25) is 9.59 Å². The lowest BCUT2D eigenvalue weighted by molar-refractivity contribution is -0.142. The van der Waals surface area contributed by atoms with Crippen molar-refractivity contribution in [3.63, 3.8) is 0 Å². The third kappa shape index (κ3) is 2.27. The molecule has 18 heavy (non-hydrogen) atoms. The molecule has 0 N–H and O–H groups in total. The number of hydrogen-bond acceptors (Lipinski definition) is 4. The standard InChI is InChI=1S/C14H14O4/c1-3-18-13(15)7-10-6-9-4-5-11(17-2)8-12(9)14(10)16/h4-6,8H,3,7H2,1-2H3. The molecule has 4 nitrogen and oxygen atoms in total. The third-order valence-electron chi connectivity index (χ3n) is 2.77. The Balaban J connectivity index is 2.19. The summed E-state index contributed by atoms with van der Waals surface area (Å²) in [6.07, 6.45) is 1.75. The fourth-order valence-electron chi connectivity index (χ4n) is 1.91. The van der Waals surface area contributed by atoms with Gasteiger partial charge in [-0.1, -0.05) is 6.07 Å². The molecule has 1 aliphatic carbocycles. The summed E-state index contributed by atoms with van der Waals surface area (Å²) in [5.74, 6) is 0.127. The van der Waals surface area contributed by atoms with Crippen molar-refractivity contribution in [2.45, 2.75) is 13.3 Å². The highest BCUT2D eigenvalue weighted by molar-refractivity contribution is 6.19. The average molecular weight is 246 g/mol. The minimum absolute atomic E-state index is 0.0175. The first-order valence-corrected chi connectivity index (χ1v) is 5.74. The Labute approximate surface area is 105 Å². The van der Waals surface area contributed by atoms with Crippen LogP contribution in [0.15, 0.2) is 23.8 Å². The first kappa shape index (κ1) is 12.4. The van der Waals surface area contributed by atoms with Crippen molar-refractivity contribution in [2.75, 3.05) is 13.7 Å². The van der Waals surface area contributed by atoms with E-state index in [0.717, 1.165) is 5.56 Å². The van der Waals surface area contributed by atoms with E-state index in [1.807, 2.05) is 6.07 Å². The first-order chi connectivity index (χ1) is 8.65. The van der Waals surface area contributed by atoms with Gasteiger partial charge in [0.2, 0.25) is 0 Å². The van der Waals surface area contributed by atoms with Crippen LogP contribution in [0.25, 0.3) is 6.08 Å². The molecule has 0 saturated carbocycles. The van der Waals surface area contributed by atoms with Crippen molar-refractivity contribution in [1.82, 2.24) is 0 Å². The van der Waals surface area contributed by atoms with Gasteiger partial charge in [0.25, 0.3) is 0 Å². The molecule has 0 unspecified atom stereocenters. The smallest absolute Gasteiger partial charge is 0.310 e. The zero-order valence-electron chi connectivity index (χ0n) is 10.4. The third-order valence-corrected chi connectivity index (χ3v) is 2.77. The van der Waals surface area contributed by atoms with Crippen molar-refractivity contribution in [2.24, 2.45) is 0 Å². The SMILES string of the molecule is CCOC(=O)CC1=Cc2ccc(OC)cc2C1=O. The number of fused-ring (bicyclic) bond motifs is 1. The Bertz CT molecular complexity index is 529. The minimum atomic E-state index is -0.378. The van der Waals surface area contributed by atoms with Crippen molar-refractivity contribution in [1.29, 1.82) is 0 Å². The lowest BCUT2D eigenvalue weighted by atomic mass is 10.1. The summed E-state index contributed by atoms with van der Waals surface area (Å²) in [7, 11) is 1.55. The predicted octanol–water partition coefficient (Wildman–Crippen LogP) is 2.23. The molecule has 0 aromatic heterocycles. The second kappa shape index (κ2) is 5.04. The van der Waals surface area contributed by atoms with E-state index >= 15 is 0 Å². The number of ether oxygens (including phenoxy) is 2. The Morgan fingerprint density at radius 2 is 2.11 bits per heavy atom. The largest absolute Gasteiger partial charge is 0.497 e. The van der Waals surface area contributed by atoms with Crippen LogP contribution in [0.1, 0.15) is 29.3 Å². The maximum atomic E-state index is 12.1. The van der Waals surface area contributed by atoms with Crippen molar-refractivity contribution >= 4 is 17.8 Å². The van der Waals surface area contributed by atoms with E-state index in [1.165, 1.54) is 0 Å². The molecule has 1 aromatic carbocycles. The molecule has 4 heteroatoms. The summed E-state index contributed by atoms with van der Waals surface area (Å²) in [4.78, 5) is 23.5. The number of carbonyl (C=O) groups excluding carboxylic acids is 2. The van der Waals surface area contributed by atoms with E-state index < -0.39 is 0 Å². The van der Waals surface area contributed by atoms with Crippen LogP contribution in [0.2, 0.25) is 0 Å². The van der Waals surface area contributed by atoms with Crippen molar-refractivity contribution < 1.29 is 19.1 Å². The van der Waals surface area contributed by atoms with Crippen LogP contribution in [-0.2, 0) is 9.53 Å². The fraction of sp³-hybridized carbons (Fsp3) is 0.286. The Morgan fingerprint density at radius 1 is 1.33 bits per heavy atom. The molecule has 2 rings (SSSR count). The highest BCUT2D eigenvalue weighted by atomic mass is 16.5. The van der Waals surface area contributed by atoms with Crippen LogP contribution in [-0.4, -0.2) is 25.5 Å². The Morgan fingerprint density at radius 3 is 2.78 bits per heavy atom. The first-order valence-electron chi connectivity index (χ1n) is 5.74. The minimum Gasteiger partial charge on any atom is -0.497 e. The number of Topliss-reactive ketones (excluding diaryl/α,β-unsaturated/α-hetero) is 1. The van der Waals surface area contributed by atoms with E-state index in [2.05, 4.69) is 0 Å². The number of rotatable bonds is 4. The number of benzene rings is 1. The molecule has 0 fully saturated rings. The monoisotopic (exact) mass is 246 g/mol. The van der Waals surface area contributed by atoms with Crippen LogP contribution in [0, 0.1) is 0 Å². The highest BCUT2D eigenvalue weighted by Crippen LogP contribution is 2.30. The van der Waals surface area contributed by atoms with Crippen LogP contribution < -0.4 is 4.74 Å². The normalized spacial score (nSPS) is 13.0. The van der Waals surface area contributed by atoms with Gasteiger partial charge in [0.05, 0.1) is 20.1 Å². The summed E-state index contributed by atoms with van der Waals surface area (Å²) in [6, 6.07) is 5.28. The van der Waals surface area contributed by atoms with Crippen LogP contribution >= 0.6 is 0 Å². The molecule has 0 heterocycles. The van der Waals surface area contributed by atoms with E-state index in [9.17, 15) is 9.59 Å². The molecule has 0 bridgehead atoms. The van der Waals surface area contributed by atoms with Crippen LogP contribution in [0.5, 0.6) is 5.75 Å². The summed E-state index contributed by atoms with van der Waals surface area (Å²) in [5, 5.41) is 0. The quantitative estimate of drug-likeness (QED) is 0.764. The van der Waals surface area contributed by atoms with Gasteiger partial charge >= 0.3 is 5.97 Å². The van der Waals surface area contributed by atoms with Gasteiger partial charge in [-0.25, -0.2) is 0 Å². The van der Waals surface area contributed by atoms with Crippen LogP contribution in [0.4, 0.5) is 0 Å². The second-order valence-electron chi connectivity index (χ2n) is 3.93. The zero-order chi connectivity index (χ0) is 13.1. The number of methoxy groups -OCH3 is 1. The molecule has 94 valence electrons. The van der Waals surface area contributed by atoms with Gasteiger partial charge in [0, 0.05) is 11.1 Å². The van der Waals surface area contributed by atoms with E-state index in [0.29, 0.717) is 23.5 Å². The molecule has 0 amide bonds. The highest BCUT2D eigenvalue weighted by Gasteiger charge is 2.24. The van der Waals surface area contributed by atoms with Gasteiger partial charge < -0.3 is 9.47 Å². The average Bonchev–Trinajstić information content (AvgIpc) is 2.66. The molecule has 0 atom stereocenters. The van der Waals surface area contributed by atoms with Gasteiger partial charge in [-0.05, 0) is 30.7 Å². The van der Waals surface area contributed by atoms with Crippen molar-refractivity contribution in [3.05, 3.63) is 34.9 Å². The summed E-state index contributed by atoms with van der Waals surface area (Å²) in [5.41, 5.74) is 1.87. The molecular formula is C14H14O4. The van der Waals surface area contributed by atoms with Gasteiger partial charge in [0.1, 0.15) is 5.75 Å². The van der Waals surface area contributed by atoms with Gasteiger partial charge in [-0.15, -0.1) is 0 Å². The molecule has 1 aliphatic rings. The lowest BCUT2D eigenvalue weighted by Crippen LogP contribution is -2.08. The number of esters is 1. The molecule has 0 radical (unpaired) electrons. The molecular weight excluding hydrogens is 232 g/mol. The topological polar surface area (TPSA) is 52.6 Å². The fourth-order valence-corrected chi connectivity index (χ4v) is 1.91. The van der Waals surface area contributed by atoms with Gasteiger partial charge in [-0.2, -0.15) is 0 Å². The maximum absolute atomic E-state index is 12.1. The lowest BCUT2D eigenvalue weighted by Gasteiger charge is -2.03. The molecule has 0 saturated heterocycles. The molecule has 0 aliphatic heterocycles. The predicted molar refractivity (Wildman–Crippen MR) is 66.6 cm³/mol. The number of carbonyl (C=O) groups is 2. The zero-order valence-corrected chi connectivity index (χ0v) is 10.4. The van der Waals surface area contributed by atoms with Crippen LogP contribution in [0.3, 0.4) is 0 Å². The van der Waals surface area contributed by atoms with Gasteiger partial charge in [0.15, 0.2) is 5.78 Å². The summed E-state index contributed by atoms with van der Waals surface area (Å²) >= 11 is 0. The molecule has 1 aromatic rings. The van der Waals surface area contributed by atoms with E-state index in [4.69, 9.17) is 9.47 Å². The van der Waals surface area contributed by atoms with E-state index in [-0.39, 0.29) is 18.2 Å².